The molecule has 0 saturated heterocycles. The molecular formula is C21H40N8O7. The van der Waals surface area contributed by atoms with Gasteiger partial charge in [-0.25, -0.2) is 4.79 Å². The fourth-order valence-corrected chi connectivity index (χ4v) is 3.10. The van der Waals surface area contributed by atoms with E-state index < -0.39 is 59.9 Å². The van der Waals surface area contributed by atoms with Gasteiger partial charge in [0, 0.05) is 13.0 Å². The van der Waals surface area contributed by atoms with E-state index in [9.17, 15) is 34.2 Å². The van der Waals surface area contributed by atoms with Crippen molar-refractivity contribution in [1.82, 2.24) is 16.0 Å². The van der Waals surface area contributed by atoms with E-state index in [1.165, 1.54) is 6.92 Å². The van der Waals surface area contributed by atoms with E-state index in [0.717, 1.165) is 0 Å². The number of aliphatic hydroxyl groups is 1. The number of aliphatic hydroxyl groups excluding tert-OH is 1. The molecule has 15 heteroatoms. The lowest BCUT2D eigenvalue weighted by molar-refractivity contribution is -0.145. The van der Waals surface area contributed by atoms with Crippen molar-refractivity contribution in [2.75, 3.05) is 6.54 Å². The highest BCUT2D eigenvalue weighted by Gasteiger charge is 2.32. The summed E-state index contributed by atoms with van der Waals surface area (Å²) in [6.07, 6.45) is -1.04. The number of carboxylic acids is 1. The maximum absolute atomic E-state index is 13.1. The minimum absolute atomic E-state index is 0.0110. The Labute approximate surface area is 209 Å². The van der Waals surface area contributed by atoms with E-state index in [0.29, 0.717) is 0 Å². The SMILES string of the molecule is CC(C)CC(NC(=O)C(N)CCC(N)=O)C(=O)NC(CCCN=C(N)N)C(=O)NC(C(=O)O)C(C)O. The Morgan fingerprint density at radius 1 is 0.861 bits per heavy atom. The summed E-state index contributed by atoms with van der Waals surface area (Å²) in [5.41, 5.74) is 21.4. The molecule has 0 aliphatic carbocycles. The van der Waals surface area contributed by atoms with Crippen LogP contribution < -0.4 is 38.9 Å². The second-order valence-corrected chi connectivity index (χ2v) is 8.88. The van der Waals surface area contributed by atoms with Crippen molar-refractivity contribution in [3.05, 3.63) is 0 Å². The first-order chi connectivity index (χ1) is 16.6. The summed E-state index contributed by atoms with van der Waals surface area (Å²) in [6, 6.07) is -4.98. The molecule has 15 nitrogen and oxygen atoms in total. The Kier molecular flexibility index (Phi) is 14.7. The zero-order valence-electron chi connectivity index (χ0n) is 20.9. The zero-order chi connectivity index (χ0) is 28.0. The molecule has 0 rings (SSSR count). The number of nitrogens with zero attached hydrogens (tertiary/aromatic N) is 1. The molecule has 0 aliphatic rings. The lowest BCUT2D eigenvalue weighted by Gasteiger charge is -2.26. The number of amides is 4. The Bertz CT molecular complexity index is 799. The molecule has 0 aromatic heterocycles. The van der Waals surface area contributed by atoms with E-state index in [2.05, 4.69) is 20.9 Å². The van der Waals surface area contributed by atoms with Crippen molar-refractivity contribution in [3.63, 3.8) is 0 Å². The molecule has 0 radical (unpaired) electrons. The number of aliphatic carboxylic acids is 1. The predicted octanol–water partition coefficient (Wildman–Crippen LogP) is -3.40. The molecule has 0 spiro atoms. The summed E-state index contributed by atoms with van der Waals surface area (Å²) >= 11 is 0. The second-order valence-electron chi connectivity index (χ2n) is 8.88. The summed E-state index contributed by atoms with van der Waals surface area (Å²) in [5, 5.41) is 26.2. The Morgan fingerprint density at radius 3 is 1.89 bits per heavy atom. The fraction of sp³-hybridized carbons (Fsp3) is 0.714. The predicted molar refractivity (Wildman–Crippen MR) is 131 cm³/mol. The van der Waals surface area contributed by atoms with Gasteiger partial charge in [-0.1, -0.05) is 13.8 Å². The fourth-order valence-electron chi connectivity index (χ4n) is 3.10. The van der Waals surface area contributed by atoms with Crippen molar-refractivity contribution in [3.8, 4) is 0 Å². The van der Waals surface area contributed by atoms with Gasteiger partial charge in [-0.3, -0.25) is 24.2 Å². The van der Waals surface area contributed by atoms with Gasteiger partial charge in [0.2, 0.25) is 23.6 Å². The number of aliphatic imine (C=N–C) groups is 1. The third-order valence-electron chi connectivity index (χ3n) is 5.00. The Hall–Kier alpha value is -3.46. The topological polar surface area (TPSA) is 278 Å². The van der Waals surface area contributed by atoms with E-state index >= 15 is 0 Å². The van der Waals surface area contributed by atoms with Crippen molar-refractivity contribution in [2.24, 2.45) is 33.8 Å². The third-order valence-corrected chi connectivity index (χ3v) is 5.00. The number of carbonyl (C=O) groups excluding carboxylic acids is 4. The van der Waals surface area contributed by atoms with Crippen LogP contribution in [-0.4, -0.2) is 82.6 Å². The van der Waals surface area contributed by atoms with Crippen LogP contribution in [0.1, 0.15) is 52.9 Å². The molecule has 36 heavy (non-hydrogen) atoms. The van der Waals surface area contributed by atoms with Gasteiger partial charge in [0.25, 0.3) is 0 Å². The number of hydrogen-bond donors (Lipinski definition) is 9. The third kappa shape index (κ3) is 13.4. The first kappa shape index (κ1) is 32.5. The molecule has 13 N–H and O–H groups in total. The monoisotopic (exact) mass is 516 g/mol. The number of carboxylic acid groups (broad SMARTS) is 1. The highest BCUT2D eigenvalue weighted by atomic mass is 16.4. The lowest BCUT2D eigenvalue weighted by Crippen LogP contribution is -2.58. The summed E-state index contributed by atoms with van der Waals surface area (Å²) in [4.78, 5) is 64.5. The molecule has 4 amide bonds. The van der Waals surface area contributed by atoms with Gasteiger partial charge in [-0.15, -0.1) is 0 Å². The van der Waals surface area contributed by atoms with Gasteiger partial charge in [0.15, 0.2) is 12.0 Å². The number of rotatable bonds is 17. The molecule has 0 fully saturated rings. The largest absolute Gasteiger partial charge is 0.480 e. The number of hydrogen-bond acceptors (Lipinski definition) is 8. The maximum atomic E-state index is 13.1. The van der Waals surface area contributed by atoms with E-state index in [4.69, 9.17) is 22.9 Å². The van der Waals surface area contributed by atoms with E-state index in [-0.39, 0.29) is 50.5 Å². The summed E-state index contributed by atoms with van der Waals surface area (Å²) in [6.45, 7) is 4.97. The molecule has 0 aliphatic heterocycles. The summed E-state index contributed by atoms with van der Waals surface area (Å²) in [7, 11) is 0. The molecule has 0 saturated carbocycles. The molecule has 5 unspecified atom stereocenters. The molecule has 0 aromatic carbocycles. The maximum Gasteiger partial charge on any atom is 0.328 e. The van der Waals surface area contributed by atoms with Crippen LogP contribution in [0.25, 0.3) is 0 Å². The molecule has 5 atom stereocenters. The highest BCUT2D eigenvalue weighted by molar-refractivity contribution is 5.94. The average Bonchev–Trinajstić information content (AvgIpc) is 2.75. The van der Waals surface area contributed by atoms with Crippen molar-refractivity contribution < 1.29 is 34.2 Å². The van der Waals surface area contributed by atoms with Crippen LogP contribution in [0.4, 0.5) is 0 Å². The second kappa shape index (κ2) is 16.3. The van der Waals surface area contributed by atoms with Crippen molar-refractivity contribution in [2.45, 2.75) is 83.1 Å². The first-order valence-electron chi connectivity index (χ1n) is 11.6. The van der Waals surface area contributed by atoms with Crippen molar-refractivity contribution >= 4 is 35.6 Å². The zero-order valence-corrected chi connectivity index (χ0v) is 20.9. The van der Waals surface area contributed by atoms with Gasteiger partial charge in [0.1, 0.15) is 12.1 Å². The lowest BCUT2D eigenvalue weighted by atomic mass is 10.0. The molecular weight excluding hydrogens is 476 g/mol. The van der Waals surface area contributed by atoms with Crippen LogP contribution in [0.5, 0.6) is 0 Å². The van der Waals surface area contributed by atoms with Crippen LogP contribution >= 0.6 is 0 Å². The smallest absolute Gasteiger partial charge is 0.328 e. The first-order valence-corrected chi connectivity index (χ1v) is 11.6. The summed E-state index contributed by atoms with van der Waals surface area (Å²) in [5.74, 6) is -4.51. The minimum Gasteiger partial charge on any atom is -0.480 e. The number of primary amides is 1. The van der Waals surface area contributed by atoms with E-state index in [1.54, 1.807) is 0 Å². The van der Waals surface area contributed by atoms with Crippen LogP contribution in [0.2, 0.25) is 0 Å². The van der Waals surface area contributed by atoms with Gasteiger partial charge in [0.05, 0.1) is 12.1 Å². The average molecular weight is 517 g/mol. The van der Waals surface area contributed by atoms with Gasteiger partial charge >= 0.3 is 5.97 Å². The number of guanidine groups is 1. The normalized spacial score (nSPS) is 15.1. The van der Waals surface area contributed by atoms with E-state index in [1.807, 2.05) is 13.8 Å². The van der Waals surface area contributed by atoms with Gasteiger partial charge in [-0.05, 0) is 38.5 Å². The van der Waals surface area contributed by atoms with Gasteiger partial charge in [-0.2, -0.15) is 0 Å². The van der Waals surface area contributed by atoms with Crippen LogP contribution in [0.3, 0.4) is 0 Å². The molecule has 0 aromatic rings. The highest BCUT2D eigenvalue weighted by Crippen LogP contribution is 2.08. The molecule has 0 bridgehead atoms. The number of nitrogens with two attached hydrogens (primary N) is 4. The minimum atomic E-state index is -1.61. The standard InChI is InChI=1S/C21H40N8O7/c1-10(2)9-14(28-17(32)12(22)6-7-15(23)31)19(34)27-13(5-4-8-26-21(24)25)18(33)29-16(11(3)30)20(35)36/h10-14,16,30H,4-9,22H2,1-3H3,(H2,23,31)(H,27,34)(H,28,32)(H,29,33)(H,35,36)(H4,24,25,26). The van der Waals surface area contributed by atoms with Crippen LogP contribution in [0, 0.1) is 5.92 Å². The van der Waals surface area contributed by atoms with Crippen LogP contribution in [-0.2, 0) is 24.0 Å². The van der Waals surface area contributed by atoms with Crippen molar-refractivity contribution in [1.29, 1.82) is 0 Å². The summed E-state index contributed by atoms with van der Waals surface area (Å²) < 4.78 is 0. The molecule has 0 heterocycles. The molecule has 206 valence electrons. The Morgan fingerprint density at radius 2 is 1.42 bits per heavy atom. The van der Waals surface area contributed by atoms with Crippen LogP contribution in [0.15, 0.2) is 4.99 Å². The number of carbonyl (C=O) groups is 5. The Balaban J connectivity index is 5.60. The quantitative estimate of drug-likeness (QED) is 0.0524. The van der Waals surface area contributed by atoms with Gasteiger partial charge < -0.3 is 49.1 Å². The number of nitrogens with one attached hydrogen (secondary N) is 3.